The normalized spacial score (nSPS) is 25.5. The van der Waals surface area contributed by atoms with Gasteiger partial charge >= 0.3 is 0 Å². The molecule has 1 saturated heterocycles. The van der Waals surface area contributed by atoms with E-state index in [1.54, 1.807) is 0 Å². The Morgan fingerprint density at radius 1 is 1.64 bits per heavy atom. The zero-order valence-electron chi connectivity index (χ0n) is 6.89. The summed E-state index contributed by atoms with van der Waals surface area (Å²) in [5, 5.41) is 3.16. The molecule has 0 bridgehead atoms. The predicted molar refractivity (Wildman–Crippen MR) is 48.6 cm³/mol. The van der Waals surface area contributed by atoms with Crippen molar-refractivity contribution in [1.82, 2.24) is 5.32 Å². The lowest BCUT2D eigenvalue weighted by Gasteiger charge is -2.27. The smallest absolute Gasteiger partial charge is 0.141 e. The van der Waals surface area contributed by atoms with Crippen LogP contribution in [-0.4, -0.2) is 16.8 Å². The molecule has 0 aromatic heterocycles. The van der Waals surface area contributed by atoms with E-state index in [4.69, 9.17) is 12.2 Å². The van der Waals surface area contributed by atoms with E-state index >= 15 is 0 Å². The first kappa shape index (κ1) is 8.65. The first-order valence-corrected chi connectivity index (χ1v) is 4.31. The third-order valence-electron chi connectivity index (χ3n) is 1.96. The molecule has 0 aromatic carbocycles. The molecular weight excluding hydrogens is 158 g/mol. The lowest BCUT2D eigenvalue weighted by molar-refractivity contribution is -0.119. The second-order valence-electron chi connectivity index (χ2n) is 3.34. The van der Waals surface area contributed by atoms with E-state index in [-0.39, 0.29) is 11.8 Å². The molecule has 1 N–H and O–H groups in total. The van der Waals surface area contributed by atoms with Crippen molar-refractivity contribution in [2.24, 2.45) is 5.92 Å². The quantitative estimate of drug-likeness (QED) is 0.603. The molecule has 0 spiro atoms. The van der Waals surface area contributed by atoms with Gasteiger partial charge in [0.15, 0.2) is 0 Å². The van der Waals surface area contributed by atoms with Crippen LogP contribution in [0, 0.1) is 5.92 Å². The molecule has 11 heavy (non-hydrogen) atoms. The van der Waals surface area contributed by atoms with E-state index in [1.807, 2.05) is 0 Å². The number of carbonyl (C=O) groups is 1. The van der Waals surface area contributed by atoms with Crippen LogP contribution in [0.1, 0.15) is 26.7 Å². The summed E-state index contributed by atoms with van der Waals surface area (Å²) in [6.07, 6.45) is 1.08. The van der Waals surface area contributed by atoms with Gasteiger partial charge in [0.25, 0.3) is 0 Å². The van der Waals surface area contributed by atoms with Crippen molar-refractivity contribution in [2.45, 2.75) is 32.7 Å². The van der Waals surface area contributed by atoms with Gasteiger partial charge in [0.1, 0.15) is 5.78 Å². The third-order valence-corrected chi connectivity index (χ3v) is 2.22. The van der Waals surface area contributed by atoms with Crippen molar-refractivity contribution in [2.75, 3.05) is 0 Å². The molecule has 3 heteroatoms. The Morgan fingerprint density at radius 3 is 2.73 bits per heavy atom. The fraction of sp³-hybridized carbons (Fsp3) is 0.750. The SMILES string of the molecule is CC(C)[C@H]1CC(=O)CC(=S)N1. The van der Waals surface area contributed by atoms with Gasteiger partial charge in [-0.3, -0.25) is 4.79 Å². The van der Waals surface area contributed by atoms with Crippen molar-refractivity contribution in [3.8, 4) is 0 Å². The third kappa shape index (κ3) is 2.26. The average molecular weight is 171 g/mol. The number of hydrogen-bond donors (Lipinski definition) is 1. The van der Waals surface area contributed by atoms with Gasteiger partial charge in [0.05, 0.1) is 11.4 Å². The van der Waals surface area contributed by atoms with Crippen LogP contribution in [0.3, 0.4) is 0 Å². The lowest BCUT2D eigenvalue weighted by atomic mass is 9.94. The van der Waals surface area contributed by atoms with Crippen LogP contribution < -0.4 is 5.32 Å². The summed E-state index contributed by atoms with van der Waals surface area (Å²) in [5.41, 5.74) is 0. The van der Waals surface area contributed by atoms with Crippen LogP contribution in [0.15, 0.2) is 0 Å². The average Bonchev–Trinajstić information content (AvgIpc) is 1.85. The monoisotopic (exact) mass is 171 g/mol. The van der Waals surface area contributed by atoms with Gasteiger partial charge < -0.3 is 5.32 Å². The van der Waals surface area contributed by atoms with E-state index in [0.717, 1.165) is 0 Å². The van der Waals surface area contributed by atoms with Crippen LogP contribution in [-0.2, 0) is 4.79 Å². The second kappa shape index (κ2) is 3.30. The van der Waals surface area contributed by atoms with Gasteiger partial charge in [0.2, 0.25) is 0 Å². The molecule has 1 atom stereocenters. The fourth-order valence-electron chi connectivity index (χ4n) is 1.21. The number of carbonyl (C=O) groups excluding carboxylic acids is 1. The summed E-state index contributed by atoms with van der Waals surface area (Å²) in [6, 6.07) is 0.267. The minimum atomic E-state index is 0.267. The highest BCUT2D eigenvalue weighted by Crippen LogP contribution is 2.12. The minimum Gasteiger partial charge on any atom is -0.376 e. The summed E-state index contributed by atoms with van der Waals surface area (Å²) >= 11 is 4.95. The van der Waals surface area contributed by atoms with Crippen LogP contribution in [0.25, 0.3) is 0 Å². The predicted octanol–water partition coefficient (Wildman–Crippen LogP) is 1.29. The van der Waals surface area contributed by atoms with Crippen molar-refractivity contribution < 1.29 is 4.79 Å². The first-order valence-electron chi connectivity index (χ1n) is 3.90. The molecule has 0 radical (unpaired) electrons. The number of rotatable bonds is 1. The van der Waals surface area contributed by atoms with Crippen LogP contribution in [0.4, 0.5) is 0 Å². The van der Waals surface area contributed by atoms with Crippen molar-refractivity contribution in [3.05, 3.63) is 0 Å². The molecule has 1 fully saturated rings. The summed E-state index contributed by atoms with van der Waals surface area (Å²) in [7, 11) is 0. The molecule has 1 aliphatic rings. The number of Topliss-reactive ketones (excluding diaryl/α,β-unsaturated/α-hetero) is 1. The summed E-state index contributed by atoms with van der Waals surface area (Å²) in [6.45, 7) is 4.19. The van der Waals surface area contributed by atoms with Crippen molar-refractivity contribution in [3.63, 3.8) is 0 Å². The molecule has 62 valence electrons. The van der Waals surface area contributed by atoms with Crippen molar-refractivity contribution in [1.29, 1.82) is 0 Å². The maximum absolute atomic E-state index is 11.1. The second-order valence-corrected chi connectivity index (χ2v) is 3.83. The number of thiocarbonyl (C=S) groups is 1. The zero-order valence-corrected chi connectivity index (χ0v) is 7.70. The zero-order chi connectivity index (χ0) is 8.43. The summed E-state index contributed by atoms with van der Waals surface area (Å²) in [4.78, 5) is 11.8. The maximum Gasteiger partial charge on any atom is 0.141 e. The Bertz CT molecular complexity index is 173. The van der Waals surface area contributed by atoms with Crippen LogP contribution in [0.5, 0.6) is 0 Å². The molecule has 1 rings (SSSR count). The highest BCUT2D eigenvalue weighted by atomic mass is 32.1. The molecule has 0 aromatic rings. The van der Waals surface area contributed by atoms with E-state index < -0.39 is 0 Å². The molecule has 1 aliphatic heterocycles. The van der Waals surface area contributed by atoms with E-state index in [0.29, 0.717) is 23.7 Å². The largest absolute Gasteiger partial charge is 0.376 e. The molecule has 2 nitrogen and oxygen atoms in total. The highest BCUT2D eigenvalue weighted by molar-refractivity contribution is 7.80. The molecule has 0 amide bonds. The topological polar surface area (TPSA) is 29.1 Å². The Hall–Kier alpha value is -0.440. The molecular formula is C8H13NOS. The van der Waals surface area contributed by atoms with E-state index in [1.165, 1.54) is 0 Å². The van der Waals surface area contributed by atoms with Gasteiger partial charge in [-0.05, 0) is 5.92 Å². The minimum absolute atomic E-state index is 0.267. The van der Waals surface area contributed by atoms with E-state index in [9.17, 15) is 4.79 Å². The summed E-state index contributed by atoms with van der Waals surface area (Å²) < 4.78 is 0. The Kier molecular flexibility index (Phi) is 2.60. The van der Waals surface area contributed by atoms with E-state index in [2.05, 4.69) is 19.2 Å². The molecule has 1 heterocycles. The molecule has 0 aliphatic carbocycles. The standard InChI is InChI=1S/C8H13NOS/c1-5(2)7-3-6(10)4-8(11)9-7/h5,7H,3-4H2,1-2H3,(H,9,11)/t7-/m1/s1. The Labute approximate surface area is 72.4 Å². The van der Waals surface area contributed by atoms with Gasteiger partial charge in [-0.15, -0.1) is 0 Å². The van der Waals surface area contributed by atoms with Gasteiger partial charge in [-0.25, -0.2) is 0 Å². The van der Waals surface area contributed by atoms with Crippen LogP contribution >= 0.6 is 12.2 Å². The number of nitrogens with one attached hydrogen (secondary N) is 1. The van der Waals surface area contributed by atoms with Crippen LogP contribution in [0.2, 0.25) is 0 Å². The highest BCUT2D eigenvalue weighted by Gasteiger charge is 2.23. The number of hydrogen-bond acceptors (Lipinski definition) is 2. The van der Waals surface area contributed by atoms with Crippen molar-refractivity contribution >= 4 is 23.0 Å². The molecule has 0 saturated carbocycles. The fourth-order valence-corrected chi connectivity index (χ4v) is 1.52. The van der Waals surface area contributed by atoms with Gasteiger partial charge in [-0.2, -0.15) is 0 Å². The maximum atomic E-state index is 11.1. The molecule has 0 unspecified atom stereocenters. The number of piperidine rings is 1. The Morgan fingerprint density at radius 2 is 2.27 bits per heavy atom. The first-order chi connectivity index (χ1) is 5.09. The Balaban J connectivity index is 2.56. The lowest BCUT2D eigenvalue weighted by Crippen LogP contribution is -2.44. The van der Waals surface area contributed by atoms with Gasteiger partial charge in [-0.1, -0.05) is 26.1 Å². The summed E-state index contributed by atoms with van der Waals surface area (Å²) in [5.74, 6) is 0.754. The van der Waals surface area contributed by atoms with Gasteiger partial charge in [0, 0.05) is 12.5 Å². The number of ketones is 1.